The van der Waals surface area contributed by atoms with Crippen molar-refractivity contribution in [3.05, 3.63) is 42.8 Å². The zero-order chi connectivity index (χ0) is 24.1. The standard InChI is InChI=1S/C22H25ClN4O4S/c1-6-27-18(28)17(32-19(27)16(11-24)20(29)31-7-2)12-25-14-8-13(23)9-15(10-14)26-21(30)22(3,4)5/h8-10,12,25H,6-7H2,1-5H3,(H,26,30)/b17-12+,19-16-. The number of nitriles is 1. The van der Waals surface area contributed by atoms with Gasteiger partial charge in [0.1, 0.15) is 15.3 Å². The lowest BCUT2D eigenvalue weighted by Crippen LogP contribution is -2.32. The molecule has 2 N–H and O–H groups in total. The van der Waals surface area contributed by atoms with Crippen LogP contribution < -0.4 is 25.4 Å². The number of carbonyl (C=O) groups is 2. The average Bonchev–Trinajstić information content (AvgIpc) is 3.01. The van der Waals surface area contributed by atoms with Gasteiger partial charge < -0.3 is 15.4 Å². The van der Waals surface area contributed by atoms with E-state index in [-0.39, 0.29) is 34.9 Å². The van der Waals surface area contributed by atoms with E-state index in [1.807, 2.05) is 6.07 Å². The van der Waals surface area contributed by atoms with Crippen molar-refractivity contribution in [2.45, 2.75) is 41.2 Å². The molecular formula is C22H25ClN4O4S. The first-order chi connectivity index (χ1) is 15.0. The fraction of sp³-hybridized carbons (Fsp3) is 0.364. The van der Waals surface area contributed by atoms with Crippen LogP contribution in [0.4, 0.5) is 11.4 Å². The monoisotopic (exact) mass is 476 g/mol. The number of nitrogens with zero attached hydrogens (tertiary/aromatic N) is 2. The molecule has 0 saturated heterocycles. The molecule has 2 aromatic rings. The van der Waals surface area contributed by atoms with E-state index in [2.05, 4.69) is 10.6 Å². The van der Waals surface area contributed by atoms with Crippen molar-refractivity contribution in [2.24, 2.45) is 5.41 Å². The number of ether oxygens (including phenoxy) is 1. The van der Waals surface area contributed by atoms with Crippen LogP contribution in [0.15, 0.2) is 23.0 Å². The molecular weight excluding hydrogens is 452 g/mol. The maximum Gasteiger partial charge on any atom is 0.351 e. The average molecular weight is 477 g/mol. The van der Waals surface area contributed by atoms with Crippen molar-refractivity contribution in [3.63, 3.8) is 0 Å². The van der Waals surface area contributed by atoms with E-state index in [9.17, 15) is 19.6 Å². The van der Waals surface area contributed by atoms with Gasteiger partial charge >= 0.3 is 5.97 Å². The molecule has 0 aliphatic heterocycles. The van der Waals surface area contributed by atoms with Crippen molar-refractivity contribution in [3.8, 4) is 6.07 Å². The van der Waals surface area contributed by atoms with Crippen LogP contribution in [0.25, 0.3) is 11.8 Å². The van der Waals surface area contributed by atoms with Gasteiger partial charge in [-0.3, -0.25) is 14.2 Å². The number of rotatable bonds is 6. The van der Waals surface area contributed by atoms with Crippen LogP contribution >= 0.6 is 22.9 Å². The van der Waals surface area contributed by atoms with Crippen LogP contribution in [0.1, 0.15) is 34.6 Å². The van der Waals surface area contributed by atoms with Crippen LogP contribution in [0.2, 0.25) is 5.02 Å². The number of benzene rings is 1. The highest BCUT2D eigenvalue weighted by Gasteiger charge is 2.21. The summed E-state index contributed by atoms with van der Waals surface area (Å²) in [7, 11) is 0. The van der Waals surface area contributed by atoms with E-state index < -0.39 is 11.4 Å². The van der Waals surface area contributed by atoms with Gasteiger partial charge in [0.2, 0.25) is 5.91 Å². The molecule has 0 saturated carbocycles. The van der Waals surface area contributed by atoms with Crippen LogP contribution in [-0.4, -0.2) is 23.1 Å². The lowest BCUT2D eigenvalue weighted by Gasteiger charge is -2.18. The fourth-order valence-electron chi connectivity index (χ4n) is 2.59. The summed E-state index contributed by atoms with van der Waals surface area (Å²) >= 11 is 7.19. The second-order valence-electron chi connectivity index (χ2n) is 7.75. The highest BCUT2D eigenvalue weighted by Crippen LogP contribution is 2.24. The Bertz CT molecular complexity index is 1250. The van der Waals surface area contributed by atoms with Gasteiger partial charge in [0.15, 0.2) is 5.57 Å². The fourth-order valence-corrected chi connectivity index (χ4v) is 3.90. The number of anilines is 2. The lowest BCUT2D eigenvalue weighted by molar-refractivity contribution is -0.136. The predicted octanol–water partition coefficient (Wildman–Crippen LogP) is 2.66. The Morgan fingerprint density at radius 2 is 1.91 bits per heavy atom. The summed E-state index contributed by atoms with van der Waals surface area (Å²) in [5.74, 6) is -0.936. The summed E-state index contributed by atoms with van der Waals surface area (Å²) in [4.78, 5) is 37.1. The topological polar surface area (TPSA) is 113 Å². The first-order valence-electron chi connectivity index (χ1n) is 9.91. The molecule has 0 aliphatic rings. The maximum absolute atomic E-state index is 12.8. The number of aromatic nitrogens is 1. The molecule has 10 heteroatoms. The quantitative estimate of drug-likeness (QED) is 0.619. The van der Waals surface area contributed by atoms with Gasteiger partial charge in [-0.1, -0.05) is 32.4 Å². The van der Waals surface area contributed by atoms with Crippen LogP contribution in [0.3, 0.4) is 0 Å². The lowest BCUT2D eigenvalue weighted by atomic mass is 9.95. The minimum atomic E-state index is -0.771. The van der Waals surface area contributed by atoms with Gasteiger partial charge in [-0.2, -0.15) is 5.26 Å². The second kappa shape index (κ2) is 10.5. The molecule has 0 spiro atoms. The largest absolute Gasteiger partial charge is 0.462 e. The number of thiazole rings is 1. The smallest absolute Gasteiger partial charge is 0.351 e. The van der Waals surface area contributed by atoms with Crippen molar-refractivity contribution in [1.82, 2.24) is 4.57 Å². The Morgan fingerprint density at radius 1 is 1.25 bits per heavy atom. The first-order valence-corrected chi connectivity index (χ1v) is 11.1. The Labute approximate surface area is 194 Å². The summed E-state index contributed by atoms with van der Waals surface area (Å²) in [6.07, 6.45) is 1.48. The third-order valence-electron chi connectivity index (χ3n) is 4.24. The van der Waals surface area contributed by atoms with Gasteiger partial charge in [0.25, 0.3) is 5.56 Å². The number of nitrogens with one attached hydrogen (secondary N) is 2. The Hall–Kier alpha value is -3.09. The maximum atomic E-state index is 12.8. The number of carbonyl (C=O) groups excluding carboxylic acids is 2. The minimum Gasteiger partial charge on any atom is -0.462 e. The molecule has 0 fully saturated rings. The Balaban J connectivity index is 2.48. The van der Waals surface area contributed by atoms with Crippen molar-refractivity contribution in [2.75, 3.05) is 17.2 Å². The van der Waals surface area contributed by atoms with E-state index in [4.69, 9.17) is 16.3 Å². The van der Waals surface area contributed by atoms with Crippen LogP contribution in [0, 0.1) is 16.7 Å². The van der Waals surface area contributed by atoms with Gasteiger partial charge in [-0.15, -0.1) is 11.3 Å². The molecule has 0 aliphatic carbocycles. The highest BCUT2D eigenvalue weighted by atomic mass is 35.5. The number of amides is 1. The third kappa shape index (κ3) is 5.99. The SMILES string of the molecule is CCOC(=O)/C(C#N)=c1\s/c(=C/Nc2cc(Cl)cc(NC(=O)C(C)(C)C)c2)c(=O)n1CC. The molecule has 2 rings (SSSR count). The molecule has 8 nitrogen and oxygen atoms in total. The number of halogens is 1. The minimum absolute atomic E-state index is 0.120. The van der Waals surface area contributed by atoms with Crippen molar-refractivity contribution >= 4 is 58.0 Å². The normalized spacial score (nSPS) is 12.7. The van der Waals surface area contributed by atoms with Gasteiger partial charge in [-0.25, -0.2) is 4.79 Å². The highest BCUT2D eigenvalue weighted by molar-refractivity contribution is 7.07. The van der Waals surface area contributed by atoms with E-state index in [1.165, 1.54) is 10.8 Å². The molecule has 32 heavy (non-hydrogen) atoms. The molecule has 1 aromatic heterocycles. The van der Waals surface area contributed by atoms with Gasteiger partial charge in [0, 0.05) is 34.6 Å². The number of hydrogen-bond acceptors (Lipinski definition) is 7. The summed E-state index contributed by atoms with van der Waals surface area (Å²) in [6, 6.07) is 6.79. The zero-order valence-electron chi connectivity index (χ0n) is 18.5. The molecule has 1 amide bonds. The van der Waals surface area contributed by atoms with Crippen molar-refractivity contribution < 1.29 is 14.3 Å². The molecule has 0 radical (unpaired) electrons. The van der Waals surface area contributed by atoms with Crippen LogP contribution in [0.5, 0.6) is 0 Å². The van der Waals surface area contributed by atoms with E-state index in [1.54, 1.807) is 52.8 Å². The molecule has 1 heterocycles. The summed E-state index contributed by atoms with van der Waals surface area (Å²) in [5.41, 5.74) is -0.0811. The third-order valence-corrected chi connectivity index (χ3v) is 5.58. The van der Waals surface area contributed by atoms with E-state index in [0.29, 0.717) is 20.9 Å². The Morgan fingerprint density at radius 3 is 2.47 bits per heavy atom. The zero-order valence-corrected chi connectivity index (χ0v) is 20.1. The predicted molar refractivity (Wildman–Crippen MR) is 127 cm³/mol. The first kappa shape index (κ1) is 25.2. The molecule has 0 unspecified atom stereocenters. The molecule has 170 valence electrons. The molecule has 0 atom stereocenters. The summed E-state index contributed by atoms with van der Waals surface area (Å²) in [6.45, 7) is 9.19. The Kier molecular flexibility index (Phi) is 8.25. The summed E-state index contributed by atoms with van der Waals surface area (Å²) < 4.78 is 6.80. The molecule has 1 aromatic carbocycles. The van der Waals surface area contributed by atoms with E-state index >= 15 is 0 Å². The van der Waals surface area contributed by atoms with Gasteiger partial charge in [-0.05, 0) is 32.0 Å². The second-order valence-corrected chi connectivity index (χ2v) is 9.22. The number of esters is 1. The van der Waals surface area contributed by atoms with E-state index in [0.717, 1.165) is 11.3 Å². The van der Waals surface area contributed by atoms with Crippen LogP contribution in [-0.2, 0) is 20.9 Å². The van der Waals surface area contributed by atoms with Crippen molar-refractivity contribution in [1.29, 1.82) is 5.26 Å². The molecule has 0 bridgehead atoms. The van der Waals surface area contributed by atoms with Gasteiger partial charge in [0.05, 0.1) is 6.61 Å². The number of hydrogen-bond donors (Lipinski definition) is 2. The summed E-state index contributed by atoms with van der Waals surface area (Å²) in [5, 5.41) is 15.6.